The summed E-state index contributed by atoms with van der Waals surface area (Å²) in [7, 11) is 0. The van der Waals surface area contributed by atoms with Crippen molar-refractivity contribution in [3.8, 4) is 11.1 Å². The number of nitrogens with zero attached hydrogens (tertiary/aromatic N) is 2. The Morgan fingerprint density at radius 1 is 0.500 bits per heavy atom. The van der Waals surface area contributed by atoms with Gasteiger partial charge in [0, 0.05) is 34.4 Å². The molecule has 2 heterocycles. The largest absolute Gasteiger partial charge is 1.00 e. The molecule has 2 aromatic heterocycles. The lowest BCUT2D eigenvalue weighted by Gasteiger charge is -2.09. The lowest BCUT2D eigenvalue weighted by atomic mass is 10.0. The zero-order valence-electron chi connectivity index (χ0n) is 22.6. The van der Waals surface area contributed by atoms with Gasteiger partial charge in [0.15, 0.2) is 25.5 Å². The molecule has 0 radical (unpaired) electrons. The summed E-state index contributed by atoms with van der Waals surface area (Å²) in [6, 6.07) is 34.4. The van der Waals surface area contributed by atoms with Crippen molar-refractivity contribution in [2.24, 2.45) is 0 Å². The molecule has 0 aliphatic carbocycles. The molecule has 6 aromatic rings. The molecule has 0 atom stereocenters. The number of nitrogen functional groups attached to an aromatic ring is 2. The van der Waals surface area contributed by atoms with Crippen molar-refractivity contribution in [2.75, 3.05) is 11.5 Å². The zero-order chi connectivity index (χ0) is 26.2. The van der Waals surface area contributed by atoms with Crippen LogP contribution in [0.3, 0.4) is 0 Å². The van der Waals surface area contributed by atoms with E-state index in [0.29, 0.717) is 0 Å². The van der Waals surface area contributed by atoms with Crippen molar-refractivity contribution in [2.45, 2.75) is 26.9 Å². The van der Waals surface area contributed by atoms with Gasteiger partial charge in [-0.05, 0) is 37.1 Å². The number of nitrogens with two attached hydrogens (primary N) is 2. The SMILES string of the molecule is Cc1c[n+](Cc2ccc(-c3ccc(C[n+]4cc(C)c(N)c5ccccc54)cc3)cc2)c2ccccc2c1N.[Br-].[Br-]. The van der Waals surface area contributed by atoms with Crippen molar-refractivity contribution < 1.29 is 43.1 Å². The van der Waals surface area contributed by atoms with Crippen LogP contribution in [0.25, 0.3) is 32.9 Å². The summed E-state index contributed by atoms with van der Waals surface area (Å²) >= 11 is 0. The Balaban J connectivity index is 0.00000185. The van der Waals surface area contributed by atoms with Crippen LogP contribution in [-0.4, -0.2) is 0 Å². The number of benzene rings is 4. The summed E-state index contributed by atoms with van der Waals surface area (Å²) in [6.07, 6.45) is 4.29. The number of anilines is 2. The maximum absolute atomic E-state index is 6.34. The number of rotatable bonds is 5. The van der Waals surface area contributed by atoms with Gasteiger partial charge in [0.25, 0.3) is 0 Å². The second-order valence-electron chi connectivity index (χ2n) is 10.1. The van der Waals surface area contributed by atoms with E-state index in [1.807, 2.05) is 12.1 Å². The van der Waals surface area contributed by atoms with Gasteiger partial charge >= 0.3 is 0 Å². The third kappa shape index (κ3) is 5.60. The summed E-state index contributed by atoms with van der Waals surface area (Å²) < 4.78 is 4.57. The number of hydrogen-bond acceptors (Lipinski definition) is 2. The molecule has 6 rings (SSSR count). The normalized spacial score (nSPS) is 10.8. The Labute approximate surface area is 256 Å². The molecule has 0 unspecified atom stereocenters. The van der Waals surface area contributed by atoms with E-state index in [-0.39, 0.29) is 34.0 Å². The summed E-state index contributed by atoms with van der Waals surface area (Å²) in [6.45, 7) is 5.74. The average Bonchev–Trinajstić information content (AvgIpc) is 2.95. The third-order valence-corrected chi connectivity index (χ3v) is 7.50. The molecular weight excluding hydrogens is 624 g/mol. The van der Waals surface area contributed by atoms with E-state index in [1.54, 1.807) is 0 Å². The van der Waals surface area contributed by atoms with Gasteiger partial charge in [0.1, 0.15) is 0 Å². The Hall–Kier alpha value is -3.74. The quantitative estimate of drug-likeness (QED) is 0.260. The van der Waals surface area contributed by atoms with Crippen molar-refractivity contribution in [3.63, 3.8) is 0 Å². The van der Waals surface area contributed by atoms with Crippen molar-refractivity contribution in [1.29, 1.82) is 0 Å². The molecule has 0 saturated carbocycles. The third-order valence-electron chi connectivity index (χ3n) is 7.50. The number of pyridine rings is 2. The summed E-state index contributed by atoms with van der Waals surface area (Å²) in [5.74, 6) is 0. The van der Waals surface area contributed by atoms with E-state index >= 15 is 0 Å². The maximum atomic E-state index is 6.34. The molecule has 6 heteroatoms. The maximum Gasteiger partial charge on any atom is 0.214 e. The van der Waals surface area contributed by atoms with Gasteiger partial charge in [0.05, 0.1) is 22.1 Å². The number of halogens is 2. The highest BCUT2D eigenvalue weighted by Gasteiger charge is 2.16. The molecule has 4 nitrogen and oxygen atoms in total. The topological polar surface area (TPSA) is 59.8 Å². The lowest BCUT2D eigenvalue weighted by molar-refractivity contribution is -0.662. The first kappa shape index (κ1) is 29.2. The molecule has 0 amide bonds. The molecule has 40 heavy (non-hydrogen) atoms. The second kappa shape index (κ2) is 12.2. The van der Waals surface area contributed by atoms with Gasteiger partial charge < -0.3 is 45.4 Å². The van der Waals surface area contributed by atoms with Crippen LogP contribution in [-0.2, 0) is 13.1 Å². The van der Waals surface area contributed by atoms with Crippen LogP contribution in [0.5, 0.6) is 0 Å². The molecule has 0 spiro atoms. The molecule has 0 aliphatic rings. The highest BCUT2D eigenvalue weighted by molar-refractivity contribution is 5.90. The highest BCUT2D eigenvalue weighted by atomic mass is 79.9. The van der Waals surface area contributed by atoms with Gasteiger partial charge in [-0.1, -0.05) is 72.8 Å². The van der Waals surface area contributed by atoms with Gasteiger partial charge in [-0.15, -0.1) is 0 Å². The van der Waals surface area contributed by atoms with E-state index in [9.17, 15) is 0 Å². The van der Waals surface area contributed by atoms with E-state index in [2.05, 4.69) is 120 Å². The number of hydrogen-bond donors (Lipinski definition) is 2. The van der Waals surface area contributed by atoms with Gasteiger partial charge in [0.2, 0.25) is 11.0 Å². The Morgan fingerprint density at radius 3 is 1.23 bits per heavy atom. The molecular formula is C34H32Br2N4. The van der Waals surface area contributed by atoms with Gasteiger partial charge in [-0.3, -0.25) is 0 Å². The number of aryl methyl sites for hydroxylation is 2. The molecule has 4 aromatic carbocycles. The smallest absolute Gasteiger partial charge is 0.214 e. The van der Waals surface area contributed by atoms with Crippen LogP contribution in [0.1, 0.15) is 22.3 Å². The van der Waals surface area contributed by atoms with Gasteiger partial charge in [-0.2, -0.15) is 9.13 Å². The van der Waals surface area contributed by atoms with Crippen molar-refractivity contribution in [1.82, 2.24) is 0 Å². The predicted molar refractivity (Wildman–Crippen MR) is 157 cm³/mol. The minimum Gasteiger partial charge on any atom is -1.00 e. The van der Waals surface area contributed by atoms with Gasteiger partial charge in [-0.25, -0.2) is 0 Å². The fourth-order valence-corrected chi connectivity index (χ4v) is 5.33. The fraction of sp³-hybridized carbons (Fsp3) is 0.118. The first-order valence-corrected chi connectivity index (χ1v) is 13.0. The Bertz CT molecular complexity index is 1660. The van der Waals surface area contributed by atoms with Crippen molar-refractivity contribution >= 4 is 33.2 Å². The molecule has 0 fully saturated rings. The zero-order valence-corrected chi connectivity index (χ0v) is 25.8. The molecule has 4 N–H and O–H groups in total. The first-order valence-electron chi connectivity index (χ1n) is 13.0. The standard InChI is InChI=1S/C34H30N4.2BrH/c1-23-19-37(31-9-5-3-7-29(31)33(23)35)21-25-11-15-27(16-12-25)28-17-13-26(14-18-28)22-38-20-24(2)34(36)30-8-4-6-10-32(30)38;;/h3-20,35-36H,21-22H2,1-2H3;2*1H. The minimum atomic E-state index is 0. The second-order valence-corrected chi connectivity index (χ2v) is 10.1. The lowest BCUT2D eigenvalue weighted by Crippen LogP contribution is -3.00. The van der Waals surface area contributed by atoms with Crippen LogP contribution >= 0.6 is 0 Å². The molecule has 0 saturated heterocycles. The number of aromatic nitrogens is 2. The van der Waals surface area contributed by atoms with Crippen LogP contribution in [0.4, 0.5) is 11.4 Å². The average molecular weight is 656 g/mol. The van der Waals surface area contributed by atoms with E-state index in [1.165, 1.54) is 22.3 Å². The summed E-state index contributed by atoms with van der Waals surface area (Å²) in [5.41, 5.74) is 23.8. The van der Waals surface area contributed by atoms with Crippen LogP contribution in [0.2, 0.25) is 0 Å². The summed E-state index contributed by atoms with van der Waals surface area (Å²) in [5, 5.41) is 2.20. The fourth-order valence-electron chi connectivity index (χ4n) is 5.33. The predicted octanol–water partition coefficient (Wildman–Crippen LogP) is 0.121. The van der Waals surface area contributed by atoms with Crippen LogP contribution in [0, 0.1) is 13.8 Å². The monoisotopic (exact) mass is 654 g/mol. The van der Waals surface area contributed by atoms with Crippen LogP contribution in [0.15, 0.2) is 109 Å². The Kier molecular flexibility index (Phi) is 8.92. The van der Waals surface area contributed by atoms with E-state index in [4.69, 9.17) is 11.5 Å². The highest BCUT2D eigenvalue weighted by Crippen LogP contribution is 2.24. The molecule has 0 aliphatic heterocycles. The van der Waals surface area contributed by atoms with Crippen LogP contribution < -0.4 is 54.6 Å². The minimum absolute atomic E-state index is 0. The first-order chi connectivity index (χ1) is 18.5. The number of para-hydroxylation sites is 2. The molecule has 0 bridgehead atoms. The molecule has 202 valence electrons. The summed E-state index contributed by atoms with van der Waals surface area (Å²) in [4.78, 5) is 0. The number of fused-ring (bicyclic) bond motifs is 2. The van der Waals surface area contributed by atoms with Crippen molar-refractivity contribution in [3.05, 3.63) is 132 Å². The van der Waals surface area contributed by atoms with E-state index in [0.717, 1.165) is 57.4 Å². The Morgan fingerprint density at radius 2 is 0.850 bits per heavy atom. The van der Waals surface area contributed by atoms with E-state index < -0.39 is 0 Å².